The van der Waals surface area contributed by atoms with Gasteiger partial charge in [-0.3, -0.25) is 14.3 Å². The van der Waals surface area contributed by atoms with Crippen LogP contribution >= 0.6 is 11.6 Å². The number of aliphatic hydroxyl groups excluding tert-OH is 3. The van der Waals surface area contributed by atoms with E-state index < -0.39 is 42.4 Å². The molecule has 0 spiro atoms. The van der Waals surface area contributed by atoms with E-state index in [2.05, 4.69) is 0 Å². The summed E-state index contributed by atoms with van der Waals surface area (Å²) in [6, 6.07) is 0. The number of nitrogens with zero attached hydrogens (tertiary/aromatic N) is 1. The minimum Gasteiger partial charge on any atom is -0.394 e. The summed E-state index contributed by atoms with van der Waals surface area (Å²) >= 11 is 5.56. The maximum atomic E-state index is 11.7. The minimum atomic E-state index is -1.40. The summed E-state index contributed by atoms with van der Waals surface area (Å²) < 4.78 is 6.12. The molecule has 0 radical (unpaired) electrons. The van der Waals surface area contributed by atoms with Crippen molar-refractivity contribution in [3.05, 3.63) is 32.6 Å². The first-order chi connectivity index (χ1) is 8.99. The summed E-state index contributed by atoms with van der Waals surface area (Å²) in [4.78, 5) is 25.1. The van der Waals surface area contributed by atoms with Gasteiger partial charge in [-0.05, 0) is 0 Å². The number of rotatable bonds is 3. The van der Waals surface area contributed by atoms with E-state index in [-0.39, 0.29) is 11.4 Å². The summed E-state index contributed by atoms with van der Waals surface area (Å²) in [6.07, 6.45) is -3.76. The van der Waals surface area contributed by atoms with Gasteiger partial charge in [0.25, 0.3) is 5.56 Å². The van der Waals surface area contributed by atoms with Crippen LogP contribution in [0.4, 0.5) is 0 Å². The fourth-order valence-corrected chi connectivity index (χ4v) is 2.11. The average molecular weight is 293 g/mol. The van der Waals surface area contributed by atoms with E-state index in [1.165, 1.54) is 0 Å². The van der Waals surface area contributed by atoms with Crippen LogP contribution in [0.15, 0.2) is 15.8 Å². The number of aromatic amines is 1. The quantitative estimate of drug-likeness (QED) is 0.472. The standard InChI is InChI=1S/C10H13ClN2O6/c11-1-4-2-13(10(18)12-8(4)17)9-7(16)6(15)5(3-14)19-9/h2,5-7,9,14-16H,1,3H2,(H,12,17,18). The zero-order valence-electron chi connectivity index (χ0n) is 9.69. The van der Waals surface area contributed by atoms with Crippen molar-refractivity contribution in [2.45, 2.75) is 30.4 Å². The summed E-state index contributed by atoms with van der Waals surface area (Å²) in [7, 11) is 0. The Balaban J connectivity index is 2.43. The Kier molecular flexibility index (Phi) is 4.07. The highest BCUT2D eigenvalue weighted by atomic mass is 35.5. The largest absolute Gasteiger partial charge is 0.394 e. The zero-order chi connectivity index (χ0) is 14.2. The molecule has 0 saturated carbocycles. The highest BCUT2D eigenvalue weighted by Crippen LogP contribution is 2.27. The van der Waals surface area contributed by atoms with Crippen LogP contribution < -0.4 is 11.2 Å². The molecule has 1 saturated heterocycles. The first-order valence-corrected chi connectivity index (χ1v) is 6.05. The predicted octanol–water partition coefficient (Wildman–Crippen LogP) is -2.11. The number of hydrogen-bond donors (Lipinski definition) is 4. The molecule has 0 aromatic carbocycles. The van der Waals surface area contributed by atoms with Gasteiger partial charge in [0.1, 0.15) is 18.3 Å². The van der Waals surface area contributed by atoms with Gasteiger partial charge in [0.05, 0.1) is 12.5 Å². The molecule has 8 nitrogen and oxygen atoms in total. The first kappa shape index (κ1) is 14.2. The maximum absolute atomic E-state index is 11.7. The van der Waals surface area contributed by atoms with Crippen LogP contribution in [0, 0.1) is 0 Å². The van der Waals surface area contributed by atoms with E-state index in [9.17, 15) is 19.8 Å². The van der Waals surface area contributed by atoms with Crippen molar-refractivity contribution in [2.24, 2.45) is 0 Å². The van der Waals surface area contributed by atoms with Crippen LogP contribution in [0.2, 0.25) is 0 Å². The molecule has 1 aliphatic heterocycles. The molecule has 1 aromatic rings. The number of aliphatic hydroxyl groups is 3. The lowest BCUT2D eigenvalue weighted by Gasteiger charge is -2.17. The summed E-state index contributed by atoms with van der Waals surface area (Å²) in [6.45, 7) is -0.505. The van der Waals surface area contributed by atoms with Gasteiger partial charge in [0.15, 0.2) is 6.23 Å². The highest BCUT2D eigenvalue weighted by molar-refractivity contribution is 6.17. The minimum absolute atomic E-state index is 0.121. The van der Waals surface area contributed by atoms with Crippen molar-refractivity contribution in [3.8, 4) is 0 Å². The third kappa shape index (κ3) is 2.45. The van der Waals surface area contributed by atoms with Crippen LogP contribution in [-0.2, 0) is 10.6 Å². The van der Waals surface area contributed by atoms with Gasteiger partial charge >= 0.3 is 5.69 Å². The van der Waals surface area contributed by atoms with Crippen LogP contribution in [0.25, 0.3) is 0 Å². The number of alkyl halides is 1. The molecule has 9 heteroatoms. The molecule has 2 rings (SSSR count). The molecular formula is C10H13ClN2O6. The van der Waals surface area contributed by atoms with E-state index in [0.29, 0.717) is 0 Å². The Morgan fingerprint density at radius 2 is 2.05 bits per heavy atom. The molecule has 0 amide bonds. The monoisotopic (exact) mass is 292 g/mol. The second-order valence-electron chi connectivity index (χ2n) is 4.18. The summed E-state index contributed by atoms with van der Waals surface area (Å²) in [5.74, 6) is -0.121. The topological polar surface area (TPSA) is 125 Å². The smallest absolute Gasteiger partial charge is 0.330 e. The third-order valence-corrected chi connectivity index (χ3v) is 3.26. The lowest BCUT2D eigenvalue weighted by Crippen LogP contribution is -2.38. The van der Waals surface area contributed by atoms with Gasteiger partial charge in [-0.1, -0.05) is 0 Å². The molecular weight excluding hydrogens is 280 g/mol. The van der Waals surface area contributed by atoms with Crippen molar-refractivity contribution in [1.29, 1.82) is 0 Å². The van der Waals surface area contributed by atoms with E-state index in [1.807, 2.05) is 4.98 Å². The van der Waals surface area contributed by atoms with Gasteiger partial charge < -0.3 is 20.1 Å². The lowest BCUT2D eigenvalue weighted by atomic mass is 10.1. The van der Waals surface area contributed by atoms with Crippen LogP contribution in [0.3, 0.4) is 0 Å². The van der Waals surface area contributed by atoms with E-state index in [1.54, 1.807) is 0 Å². The number of H-pyrrole nitrogens is 1. The van der Waals surface area contributed by atoms with Crippen LogP contribution in [0.1, 0.15) is 11.8 Å². The molecule has 2 heterocycles. The van der Waals surface area contributed by atoms with Crippen molar-refractivity contribution >= 4 is 11.6 Å². The van der Waals surface area contributed by atoms with Crippen molar-refractivity contribution in [1.82, 2.24) is 9.55 Å². The molecule has 1 fully saturated rings. The Labute approximate surface area is 111 Å². The van der Waals surface area contributed by atoms with Gasteiger partial charge in [-0.15, -0.1) is 11.6 Å². The van der Waals surface area contributed by atoms with E-state index >= 15 is 0 Å². The summed E-state index contributed by atoms with van der Waals surface area (Å²) in [5, 5.41) is 28.4. The molecule has 1 aromatic heterocycles. The molecule has 106 valence electrons. The number of nitrogens with one attached hydrogen (secondary N) is 1. The first-order valence-electron chi connectivity index (χ1n) is 5.52. The van der Waals surface area contributed by atoms with Crippen LogP contribution in [-0.4, -0.2) is 49.8 Å². The number of ether oxygens (including phenoxy) is 1. The van der Waals surface area contributed by atoms with Gasteiger partial charge in [0, 0.05) is 11.8 Å². The SMILES string of the molecule is O=c1[nH]c(=O)n(C2OC(CO)C(O)C2O)cc1CCl. The Hall–Kier alpha value is -1.19. The number of hydrogen-bond acceptors (Lipinski definition) is 6. The van der Waals surface area contributed by atoms with Crippen molar-refractivity contribution in [2.75, 3.05) is 6.61 Å². The molecule has 4 N–H and O–H groups in total. The second kappa shape index (κ2) is 5.43. The van der Waals surface area contributed by atoms with Gasteiger partial charge in [-0.2, -0.15) is 0 Å². The Morgan fingerprint density at radius 3 is 2.58 bits per heavy atom. The van der Waals surface area contributed by atoms with E-state index in [4.69, 9.17) is 21.4 Å². The fourth-order valence-electron chi connectivity index (χ4n) is 1.92. The normalized spacial score (nSPS) is 30.7. The van der Waals surface area contributed by atoms with Crippen LogP contribution in [0.5, 0.6) is 0 Å². The molecule has 4 atom stereocenters. The molecule has 0 aliphatic carbocycles. The van der Waals surface area contributed by atoms with Gasteiger partial charge in [-0.25, -0.2) is 4.79 Å². The van der Waals surface area contributed by atoms with E-state index in [0.717, 1.165) is 10.8 Å². The number of halogens is 1. The Morgan fingerprint density at radius 1 is 1.37 bits per heavy atom. The van der Waals surface area contributed by atoms with Crippen molar-refractivity contribution < 1.29 is 20.1 Å². The third-order valence-electron chi connectivity index (χ3n) is 2.98. The summed E-state index contributed by atoms with van der Waals surface area (Å²) in [5.41, 5.74) is -1.30. The zero-order valence-corrected chi connectivity index (χ0v) is 10.4. The molecule has 4 unspecified atom stereocenters. The maximum Gasteiger partial charge on any atom is 0.330 e. The molecule has 1 aliphatic rings. The fraction of sp³-hybridized carbons (Fsp3) is 0.600. The lowest BCUT2D eigenvalue weighted by molar-refractivity contribution is -0.0551. The highest BCUT2D eigenvalue weighted by Gasteiger charge is 2.43. The van der Waals surface area contributed by atoms with Gasteiger partial charge in [0.2, 0.25) is 0 Å². The Bertz CT molecular complexity index is 570. The second-order valence-corrected chi connectivity index (χ2v) is 4.45. The molecule has 19 heavy (non-hydrogen) atoms. The molecule has 0 bridgehead atoms. The average Bonchev–Trinajstić information content (AvgIpc) is 2.67. The van der Waals surface area contributed by atoms with Crippen molar-refractivity contribution in [3.63, 3.8) is 0 Å². The predicted molar refractivity (Wildman–Crippen MR) is 63.9 cm³/mol. The number of aromatic nitrogens is 2.